The molecule has 0 fully saturated rings. The van der Waals surface area contributed by atoms with Crippen molar-refractivity contribution in [3.05, 3.63) is 59.3 Å². The number of para-hydroxylation sites is 1. The average Bonchev–Trinajstić information content (AvgIpc) is 3.08. The van der Waals surface area contributed by atoms with Crippen LogP contribution in [0.3, 0.4) is 0 Å². The Bertz CT molecular complexity index is 791. The van der Waals surface area contributed by atoms with E-state index in [0.29, 0.717) is 0 Å². The van der Waals surface area contributed by atoms with Crippen LogP contribution in [0.25, 0.3) is 17.0 Å². The lowest BCUT2D eigenvalue weighted by atomic mass is 9.91. The van der Waals surface area contributed by atoms with Gasteiger partial charge in [-0.15, -0.1) is 0 Å². The van der Waals surface area contributed by atoms with Crippen molar-refractivity contribution in [2.45, 2.75) is 19.3 Å². The smallest absolute Gasteiger partial charge is 0.129 e. The van der Waals surface area contributed by atoms with Gasteiger partial charge in [-0.1, -0.05) is 23.8 Å². The topological polar surface area (TPSA) is 33.6 Å². The molecule has 3 nitrogen and oxygen atoms in total. The standard InChI is InChI=1S/C17H17N3/c1-20-15-5-3-2-4-13(15)14-10-12(6-7-16(14)20)11-17-18-8-9-19-17/h2-5,8-9,11H,6-7,10H2,1H3,(H,18,19)/b12-11+. The van der Waals surface area contributed by atoms with E-state index in [1.807, 2.05) is 6.20 Å². The molecule has 0 amide bonds. The van der Waals surface area contributed by atoms with Gasteiger partial charge in [0.05, 0.1) is 0 Å². The minimum atomic E-state index is 0.962. The van der Waals surface area contributed by atoms with Crippen molar-refractivity contribution in [1.29, 1.82) is 0 Å². The zero-order valence-corrected chi connectivity index (χ0v) is 11.6. The summed E-state index contributed by atoms with van der Waals surface area (Å²) in [7, 11) is 2.18. The second-order valence-electron chi connectivity index (χ2n) is 5.46. The van der Waals surface area contributed by atoms with Crippen molar-refractivity contribution in [3.8, 4) is 0 Å². The molecule has 3 heteroatoms. The van der Waals surface area contributed by atoms with Crippen LogP contribution in [0, 0.1) is 0 Å². The van der Waals surface area contributed by atoms with Crippen LogP contribution < -0.4 is 0 Å². The largest absolute Gasteiger partial charge is 0.347 e. The maximum atomic E-state index is 4.30. The Morgan fingerprint density at radius 2 is 2.15 bits per heavy atom. The van der Waals surface area contributed by atoms with Crippen LogP contribution in [0.15, 0.2) is 42.2 Å². The van der Waals surface area contributed by atoms with Crippen LogP contribution in [-0.2, 0) is 19.9 Å². The molecule has 1 aliphatic rings. The molecule has 0 aliphatic heterocycles. The summed E-state index contributed by atoms with van der Waals surface area (Å²) in [5.74, 6) is 0.962. The molecule has 20 heavy (non-hydrogen) atoms. The summed E-state index contributed by atoms with van der Waals surface area (Å²) in [4.78, 5) is 7.45. The van der Waals surface area contributed by atoms with Gasteiger partial charge in [0, 0.05) is 36.0 Å². The summed E-state index contributed by atoms with van der Waals surface area (Å²) in [6.45, 7) is 0. The lowest BCUT2D eigenvalue weighted by Gasteiger charge is -2.16. The van der Waals surface area contributed by atoms with Crippen LogP contribution in [-0.4, -0.2) is 14.5 Å². The summed E-state index contributed by atoms with van der Waals surface area (Å²) < 4.78 is 2.36. The van der Waals surface area contributed by atoms with Crippen LogP contribution in [0.4, 0.5) is 0 Å². The Morgan fingerprint density at radius 1 is 1.25 bits per heavy atom. The first kappa shape index (κ1) is 11.5. The van der Waals surface area contributed by atoms with Crippen molar-refractivity contribution >= 4 is 17.0 Å². The van der Waals surface area contributed by atoms with E-state index in [1.165, 1.54) is 27.7 Å². The van der Waals surface area contributed by atoms with Gasteiger partial charge in [0.25, 0.3) is 0 Å². The molecule has 0 saturated carbocycles. The fourth-order valence-corrected chi connectivity index (χ4v) is 3.31. The zero-order valence-electron chi connectivity index (χ0n) is 11.6. The van der Waals surface area contributed by atoms with Gasteiger partial charge in [-0.05, 0) is 37.0 Å². The number of nitrogens with zero attached hydrogens (tertiary/aromatic N) is 2. The maximum absolute atomic E-state index is 4.30. The number of imidazole rings is 1. The lowest BCUT2D eigenvalue weighted by molar-refractivity contribution is 0.760. The van der Waals surface area contributed by atoms with Crippen LogP contribution in [0.5, 0.6) is 0 Å². The highest BCUT2D eigenvalue weighted by atomic mass is 15.0. The molecule has 0 spiro atoms. The fourth-order valence-electron chi connectivity index (χ4n) is 3.31. The number of hydrogen-bond acceptors (Lipinski definition) is 1. The molecule has 2 heterocycles. The predicted octanol–water partition coefficient (Wildman–Crippen LogP) is 3.47. The first-order valence-corrected chi connectivity index (χ1v) is 7.07. The van der Waals surface area contributed by atoms with Gasteiger partial charge in [-0.2, -0.15) is 0 Å². The average molecular weight is 263 g/mol. The number of allylic oxidation sites excluding steroid dienone is 1. The monoisotopic (exact) mass is 263 g/mol. The summed E-state index contributed by atoms with van der Waals surface area (Å²) in [6.07, 6.45) is 9.16. The van der Waals surface area contributed by atoms with E-state index in [2.05, 4.69) is 51.9 Å². The molecule has 0 atom stereocenters. The van der Waals surface area contributed by atoms with Crippen molar-refractivity contribution in [2.24, 2.45) is 7.05 Å². The Balaban J connectivity index is 1.81. The van der Waals surface area contributed by atoms with Gasteiger partial charge in [0.2, 0.25) is 0 Å². The second-order valence-corrected chi connectivity index (χ2v) is 5.46. The van der Waals surface area contributed by atoms with E-state index in [1.54, 1.807) is 6.20 Å². The molecule has 4 rings (SSSR count). The van der Waals surface area contributed by atoms with Gasteiger partial charge >= 0.3 is 0 Å². The molecule has 0 radical (unpaired) electrons. The molecular formula is C17H17N3. The molecule has 0 unspecified atom stereocenters. The number of rotatable bonds is 1. The van der Waals surface area contributed by atoms with E-state index in [9.17, 15) is 0 Å². The van der Waals surface area contributed by atoms with E-state index in [4.69, 9.17) is 0 Å². The number of aromatic amines is 1. The van der Waals surface area contributed by atoms with Crippen molar-refractivity contribution < 1.29 is 0 Å². The molecule has 2 aromatic heterocycles. The summed E-state index contributed by atoms with van der Waals surface area (Å²) in [6, 6.07) is 8.70. The first-order valence-electron chi connectivity index (χ1n) is 7.07. The van der Waals surface area contributed by atoms with Gasteiger partial charge in [0.15, 0.2) is 0 Å². The minimum absolute atomic E-state index is 0.962. The number of H-pyrrole nitrogens is 1. The van der Waals surface area contributed by atoms with Crippen LogP contribution in [0.2, 0.25) is 0 Å². The van der Waals surface area contributed by atoms with E-state index in [-0.39, 0.29) is 0 Å². The van der Waals surface area contributed by atoms with Gasteiger partial charge in [0.1, 0.15) is 5.82 Å². The summed E-state index contributed by atoms with van der Waals surface area (Å²) in [5.41, 5.74) is 5.79. The Morgan fingerprint density at radius 3 is 3.00 bits per heavy atom. The second kappa shape index (κ2) is 4.37. The number of benzene rings is 1. The highest BCUT2D eigenvalue weighted by Gasteiger charge is 2.20. The van der Waals surface area contributed by atoms with Gasteiger partial charge < -0.3 is 9.55 Å². The molecule has 3 aromatic rings. The minimum Gasteiger partial charge on any atom is -0.347 e. The van der Waals surface area contributed by atoms with Crippen LogP contribution in [0.1, 0.15) is 23.5 Å². The Labute approximate surface area is 118 Å². The third kappa shape index (κ3) is 1.70. The lowest BCUT2D eigenvalue weighted by Crippen LogP contribution is -2.07. The molecule has 1 aliphatic carbocycles. The van der Waals surface area contributed by atoms with E-state index < -0.39 is 0 Å². The van der Waals surface area contributed by atoms with E-state index in [0.717, 1.165) is 25.1 Å². The highest BCUT2D eigenvalue weighted by molar-refractivity contribution is 5.86. The Kier molecular flexibility index (Phi) is 2.52. The number of fused-ring (bicyclic) bond motifs is 3. The molecule has 0 saturated heterocycles. The number of aromatic nitrogens is 3. The highest BCUT2D eigenvalue weighted by Crippen LogP contribution is 2.33. The fraction of sp³-hybridized carbons (Fsp3) is 0.235. The van der Waals surface area contributed by atoms with E-state index >= 15 is 0 Å². The van der Waals surface area contributed by atoms with Crippen molar-refractivity contribution in [3.63, 3.8) is 0 Å². The normalized spacial score (nSPS) is 16.8. The SMILES string of the molecule is Cn1c2c(c3ccccc31)C/C(=C/c1ncc[nH]1)CC2. The van der Waals surface area contributed by atoms with Crippen molar-refractivity contribution in [2.75, 3.05) is 0 Å². The number of hydrogen-bond donors (Lipinski definition) is 1. The quantitative estimate of drug-likeness (QED) is 0.716. The predicted molar refractivity (Wildman–Crippen MR) is 81.5 cm³/mol. The number of aryl methyl sites for hydroxylation is 1. The Hall–Kier alpha value is -2.29. The molecule has 1 aromatic carbocycles. The maximum Gasteiger partial charge on any atom is 0.129 e. The first-order chi connectivity index (χ1) is 9.83. The van der Waals surface area contributed by atoms with Gasteiger partial charge in [-0.3, -0.25) is 0 Å². The number of nitrogens with one attached hydrogen (secondary N) is 1. The van der Waals surface area contributed by atoms with Crippen molar-refractivity contribution in [1.82, 2.24) is 14.5 Å². The molecule has 0 bridgehead atoms. The third-order valence-electron chi connectivity index (χ3n) is 4.29. The van der Waals surface area contributed by atoms with Crippen LogP contribution >= 0.6 is 0 Å². The molecule has 100 valence electrons. The zero-order chi connectivity index (χ0) is 13.5. The van der Waals surface area contributed by atoms with Gasteiger partial charge in [-0.25, -0.2) is 4.98 Å². The summed E-state index contributed by atoms with van der Waals surface area (Å²) in [5, 5.41) is 1.40. The molecular weight excluding hydrogens is 246 g/mol. The molecule has 1 N–H and O–H groups in total. The summed E-state index contributed by atoms with van der Waals surface area (Å²) >= 11 is 0. The third-order valence-corrected chi connectivity index (χ3v) is 4.29.